The van der Waals surface area contributed by atoms with Gasteiger partial charge in [0.2, 0.25) is 0 Å². The molecule has 2 aromatic rings. The topological polar surface area (TPSA) is 61.5 Å². The van der Waals surface area contributed by atoms with E-state index in [1.807, 2.05) is 0 Å². The lowest BCUT2D eigenvalue weighted by Gasteiger charge is -2.06. The van der Waals surface area contributed by atoms with E-state index in [9.17, 15) is 4.79 Å². The quantitative estimate of drug-likeness (QED) is 0.660. The van der Waals surface area contributed by atoms with Crippen LogP contribution in [0.3, 0.4) is 0 Å². The molecule has 0 amide bonds. The SMILES string of the molecule is COc1ccc(C(=O)COc2ccc(N)cc2)cc1. The Morgan fingerprint density at radius 2 is 1.58 bits per heavy atom. The third-order valence-corrected chi connectivity index (χ3v) is 2.66. The molecule has 0 atom stereocenters. The van der Waals surface area contributed by atoms with Crippen molar-refractivity contribution in [1.29, 1.82) is 0 Å². The highest BCUT2D eigenvalue weighted by Crippen LogP contribution is 2.15. The van der Waals surface area contributed by atoms with Crippen molar-refractivity contribution in [3.63, 3.8) is 0 Å². The number of hydrogen-bond acceptors (Lipinski definition) is 4. The molecule has 0 aliphatic rings. The summed E-state index contributed by atoms with van der Waals surface area (Å²) in [6, 6.07) is 13.8. The number of anilines is 1. The molecular formula is C15H15NO3. The molecule has 0 saturated carbocycles. The fourth-order valence-corrected chi connectivity index (χ4v) is 1.57. The summed E-state index contributed by atoms with van der Waals surface area (Å²) in [5.41, 5.74) is 6.82. The van der Waals surface area contributed by atoms with Crippen LogP contribution in [0.2, 0.25) is 0 Å². The van der Waals surface area contributed by atoms with Crippen molar-refractivity contribution < 1.29 is 14.3 Å². The second-order valence-electron chi connectivity index (χ2n) is 4.01. The molecule has 4 heteroatoms. The summed E-state index contributed by atoms with van der Waals surface area (Å²) in [6.07, 6.45) is 0. The zero-order chi connectivity index (χ0) is 13.7. The maximum Gasteiger partial charge on any atom is 0.200 e. The molecule has 19 heavy (non-hydrogen) atoms. The minimum absolute atomic E-state index is 0.00372. The van der Waals surface area contributed by atoms with Crippen molar-refractivity contribution in [3.05, 3.63) is 54.1 Å². The molecule has 0 radical (unpaired) electrons. The van der Waals surface area contributed by atoms with Gasteiger partial charge < -0.3 is 15.2 Å². The molecule has 2 N–H and O–H groups in total. The van der Waals surface area contributed by atoms with Crippen molar-refractivity contribution >= 4 is 11.5 Å². The van der Waals surface area contributed by atoms with Crippen LogP contribution < -0.4 is 15.2 Å². The highest BCUT2D eigenvalue weighted by Gasteiger charge is 2.07. The van der Waals surface area contributed by atoms with Gasteiger partial charge in [-0.15, -0.1) is 0 Å². The second kappa shape index (κ2) is 5.91. The van der Waals surface area contributed by atoms with Gasteiger partial charge in [-0.05, 0) is 48.5 Å². The largest absolute Gasteiger partial charge is 0.497 e. The molecule has 4 nitrogen and oxygen atoms in total. The number of benzene rings is 2. The average molecular weight is 257 g/mol. The van der Waals surface area contributed by atoms with Gasteiger partial charge in [0.1, 0.15) is 11.5 Å². The van der Waals surface area contributed by atoms with E-state index in [1.54, 1.807) is 55.6 Å². The number of rotatable bonds is 5. The molecular weight excluding hydrogens is 242 g/mol. The minimum Gasteiger partial charge on any atom is -0.497 e. The Labute approximate surface area is 111 Å². The maximum absolute atomic E-state index is 11.9. The number of carbonyl (C=O) groups is 1. The summed E-state index contributed by atoms with van der Waals surface area (Å²) in [5.74, 6) is 1.26. The summed E-state index contributed by atoms with van der Waals surface area (Å²) < 4.78 is 10.4. The van der Waals surface area contributed by atoms with Gasteiger partial charge in [0.05, 0.1) is 7.11 Å². The molecule has 98 valence electrons. The molecule has 0 fully saturated rings. The first-order chi connectivity index (χ1) is 9.19. The Balaban J connectivity index is 1.95. The van der Waals surface area contributed by atoms with E-state index < -0.39 is 0 Å². The Morgan fingerprint density at radius 3 is 2.16 bits per heavy atom. The summed E-state index contributed by atoms with van der Waals surface area (Å²) in [6.45, 7) is -0.00372. The first kappa shape index (κ1) is 13.0. The minimum atomic E-state index is -0.0838. The third-order valence-electron chi connectivity index (χ3n) is 2.66. The molecule has 2 aromatic carbocycles. The van der Waals surface area contributed by atoms with Gasteiger partial charge in [-0.2, -0.15) is 0 Å². The van der Waals surface area contributed by atoms with E-state index in [2.05, 4.69) is 0 Å². The average Bonchev–Trinajstić information content (AvgIpc) is 2.46. The Kier molecular flexibility index (Phi) is 4.03. The van der Waals surface area contributed by atoms with Gasteiger partial charge in [-0.25, -0.2) is 0 Å². The molecule has 0 saturated heterocycles. The smallest absolute Gasteiger partial charge is 0.200 e. The Hall–Kier alpha value is -2.49. The molecule has 0 aliphatic carbocycles. The summed E-state index contributed by atoms with van der Waals surface area (Å²) in [5, 5.41) is 0. The number of hydrogen-bond donors (Lipinski definition) is 1. The fraction of sp³-hybridized carbons (Fsp3) is 0.133. The summed E-state index contributed by atoms with van der Waals surface area (Å²) in [4.78, 5) is 11.9. The monoisotopic (exact) mass is 257 g/mol. The number of ketones is 1. The first-order valence-corrected chi connectivity index (χ1v) is 5.84. The molecule has 0 aliphatic heterocycles. The third kappa shape index (κ3) is 3.48. The summed E-state index contributed by atoms with van der Waals surface area (Å²) in [7, 11) is 1.58. The molecule has 0 aromatic heterocycles. The van der Waals surface area contributed by atoms with Gasteiger partial charge in [0, 0.05) is 11.3 Å². The highest BCUT2D eigenvalue weighted by atomic mass is 16.5. The van der Waals surface area contributed by atoms with Crippen molar-refractivity contribution in [2.45, 2.75) is 0 Å². The van der Waals surface area contributed by atoms with Crippen molar-refractivity contribution in [2.24, 2.45) is 0 Å². The standard InChI is InChI=1S/C15H15NO3/c1-18-13-6-2-11(3-7-13)15(17)10-19-14-8-4-12(16)5-9-14/h2-9H,10,16H2,1H3. The normalized spacial score (nSPS) is 9.95. The molecule has 0 heterocycles. The van der Waals surface area contributed by atoms with Crippen LogP contribution >= 0.6 is 0 Å². The van der Waals surface area contributed by atoms with E-state index in [0.717, 1.165) is 5.75 Å². The van der Waals surface area contributed by atoms with Crippen molar-refractivity contribution in [2.75, 3.05) is 19.5 Å². The lowest BCUT2D eigenvalue weighted by molar-refractivity contribution is 0.0921. The predicted octanol–water partition coefficient (Wildman–Crippen LogP) is 2.54. The number of methoxy groups -OCH3 is 1. The predicted molar refractivity (Wildman–Crippen MR) is 73.7 cm³/mol. The van der Waals surface area contributed by atoms with Gasteiger partial charge in [-0.1, -0.05) is 0 Å². The zero-order valence-corrected chi connectivity index (χ0v) is 10.6. The number of Topliss-reactive ketones (excluding diaryl/α,β-unsaturated/α-hetero) is 1. The van der Waals surface area contributed by atoms with Crippen LogP contribution in [0.15, 0.2) is 48.5 Å². The molecule has 0 spiro atoms. The van der Waals surface area contributed by atoms with E-state index in [0.29, 0.717) is 17.0 Å². The van der Waals surface area contributed by atoms with Crippen LogP contribution in [0.4, 0.5) is 5.69 Å². The highest BCUT2D eigenvalue weighted by molar-refractivity contribution is 5.97. The van der Waals surface area contributed by atoms with E-state index in [4.69, 9.17) is 15.2 Å². The fourth-order valence-electron chi connectivity index (χ4n) is 1.57. The zero-order valence-electron chi connectivity index (χ0n) is 10.6. The van der Waals surface area contributed by atoms with E-state index in [-0.39, 0.29) is 12.4 Å². The first-order valence-electron chi connectivity index (χ1n) is 5.84. The van der Waals surface area contributed by atoms with Crippen LogP contribution in [0.5, 0.6) is 11.5 Å². The number of ether oxygens (including phenoxy) is 2. The van der Waals surface area contributed by atoms with Gasteiger partial charge in [-0.3, -0.25) is 4.79 Å². The van der Waals surface area contributed by atoms with E-state index >= 15 is 0 Å². The van der Waals surface area contributed by atoms with Crippen LogP contribution in [-0.4, -0.2) is 19.5 Å². The Morgan fingerprint density at radius 1 is 1.00 bits per heavy atom. The number of nitrogens with two attached hydrogens (primary N) is 1. The lowest BCUT2D eigenvalue weighted by atomic mass is 10.1. The molecule has 0 unspecified atom stereocenters. The Bertz CT molecular complexity index is 547. The lowest BCUT2D eigenvalue weighted by Crippen LogP contribution is -2.11. The van der Waals surface area contributed by atoms with Crippen LogP contribution in [-0.2, 0) is 0 Å². The molecule has 0 bridgehead atoms. The van der Waals surface area contributed by atoms with Gasteiger partial charge in [0.25, 0.3) is 0 Å². The van der Waals surface area contributed by atoms with Crippen LogP contribution in [0.25, 0.3) is 0 Å². The second-order valence-corrected chi connectivity index (χ2v) is 4.01. The van der Waals surface area contributed by atoms with Gasteiger partial charge in [0.15, 0.2) is 12.4 Å². The summed E-state index contributed by atoms with van der Waals surface area (Å²) >= 11 is 0. The number of carbonyl (C=O) groups excluding carboxylic acids is 1. The number of nitrogen functional groups attached to an aromatic ring is 1. The van der Waals surface area contributed by atoms with Crippen molar-refractivity contribution in [1.82, 2.24) is 0 Å². The maximum atomic E-state index is 11.9. The van der Waals surface area contributed by atoms with Gasteiger partial charge >= 0.3 is 0 Å². The van der Waals surface area contributed by atoms with Crippen LogP contribution in [0, 0.1) is 0 Å². The van der Waals surface area contributed by atoms with Crippen LogP contribution in [0.1, 0.15) is 10.4 Å². The van der Waals surface area contributed by atoms with Crippen molar-refractivity contribution in [3.8, 4) is 11.5 Å². The molecule has 2 rings (SSSR count). The van der Waals surface area contributed by atoms with E-state index in [1.165, 1.54) is 0 Å².